The van der Waals surface area contributed by atoms with Crippen LogP contribution in [0.4, 0.5) is 0 Å². The molecule has 0 radical (unpaired) electrons. The first kappa shape index (κ1) is 25.8. The summed E-state index contributed by atoms with van der Waals surface area (Å²) in [5, 5.41) is 4.04. The highest BCUT2D eigenvalue weighted by molar-refractivity contribution is 6.30. The second-order valence-electron chi connectivity index (χ2n) is 9.28. The van der Waals surface area contributed by atoms with Gasteiger partial charge in [0, 0.05) is 34.0 Å². The van der Waals surface area contributed by atoms with Crippen LogP contribution in [0.5, 0.6) is 11.5 Å². The van der Waals surface area contributed by atoms with E-state index in [1.807, 2.05) is 57.2 Å². The number of carbonyl (C=O) groups excluding carboxylic acids is 2. The summed E-state index contributed by atoms with van der Waals surface area (Å²) in [7, 11) is 3.13. The number of ketones is 1. The van der Waals surface area contributed by atoms with Gasteiger partial charge in [-0.2, -0.15) is 0 Å². The summed E-state index contributed by atoms with van der Waals surface area (Å²) in [5.41, 5.74) is 4.23. The van der Waals surface area contributed by atoms with Crippen molar-refractivity contribution in [1.82, 2.24) is 5.32 Å². The van der Waals surface area contributed by atoms with Crippen LogP contribution in [-0.2, 0) is 14.3 Å². The molecule has 0 saturated heterocycles. The zero-order valence-corrected chi connectivity index (χ0v) is 22.1. The molecule has 1 N–H and O–H groups in total. The molecule has 2 aromatic rings. The molecule has 3 atom stereocenters. The molecule has 0 bridgehead atoms. The highest BCUT2D eigenvalue weighted by Crippen LogP contribution is 2.49. The number of benzene rings is 2. The van der Waals surface area contributed by atoms with Crippen molar-refractivity contribution in [3.05, 3.63) is 81.2 Å². The number of allylic oxidation sites excluding steroid dienone is 3. The van der Waals surface area contributed by atoms with Gasteiger partial charge in [-0.05, 0) is 56.4 Å². The van der Waals surface area contributed by atoms with Crippen molar-refractivity contribution in [1.29, 1.82) is 0 Å². The van der Waals surface area contributed by atoms with Crippen LogP contribution in [0.1, 0.15) is 63.0 Å². The molecular weight excluding hydrogens is 478 g/mol. The van der Waals surface area contributed by atoms with E-state index in [2.05, 4.69) is 5.32 Å². The lowest BCUT2D eigenvalue weighted by Crippen LogP contribution is -2.36. The number of ether oxygens (including phenoxy) is 3. The third kappa shape index (κ3) is 4.87. The Morgan fingerprint density at radius 3 is 2.47 bits per heavy atom. The summed E-state index contributed by atoms with van der Waals surface area (Å²) in [5.74, 6) is -0.0570. The molecule has 1 heterocycles. The molecule has 190 valence electrons. The van der Waals surface area contributed by atoms with Crippen LogP contribution >= 0.6 is 11.6 Å². The maximum absolute atomic E-state index is 13.8. The average molecular weight is 510 g/mol. The normalized spacial score (nSPS) is 20.4. The number of carbonyl (C=O) groups is 2. The highest BCUT2D eigenvalue weighted by Gasteiger charge is 2.43. The monoisotopic (exact) mass is 509 g/mol. The summed E-state index contributed by atoms with van der Waals surface area (Å²) in [4.78, 5) is 27.3. The van der Waals surface area contributed by atoms with Crippen molar-refractivity contribution < 1.29 is 23.8 Å². The molecule has 7 heteroatoms. The number of hydrogen-bond donors (Lipinski definition) is 1. The van der Waals surface area contributed by atoms with E-state index in [0.29, 0.717) is 58.2 Å². The number of dihydropyridines is 1. The smallest absolute Gasteiger partial charge is 0.337 e. The molecular formula is C29H32ClNO5. The quantitative estimate of drug-likeness (QED) is 0.457. The summed E-state index contributed by atoms with van der Waals surface area (Å²) in [6.45, 7) is 5.68. The van der Waals surface area contributed by atoms with Crippen molar-refractivity contribution in [3.63, 3.8) is 0 Å². The fourth-order valence-corrected chi connectivity index (χ4v) is 5.19. The van der Waals surface area contributed by atoms with E-state index in [1.165, 1.54) is 0 Å². The number of rotatable bonds is 7. The van der Waals surface area contributed by atoms with Gasteiger partial charge in [0.2, 0.25) is 0 Å². The third-order valence-corrected chi connectivity index (χ3v) is 7.27. The summed E-state index contributed by atoms with van der Waals surface area (Å²) < 4.78 is 17.0. The van der Waals surface area contributed by atoms with Crippen LogP contribution in [0, 0.1) is 0 Å². The van der Waals surface area contributed by atoms with Gasteiger partial charge in [0.1, 0.15) is 0 Å². The maximum atomic E-state index is 13.8. The van der Waals surface area contributed by atoms with Crippen LogP contribution in [0.2, 0.25) is 5.02 Å². The highest BCUT2D eigenvalue weighted by atomic mass is 35.5. The molecule has 0 spiro atoms. The molecule has 0 fully saturated rings. The van der Waals surface area contributed by atoms with Gasteiger partial charge in [-0.1, -0.05) is 42.8 Å². The zero-order valence-electron chi connectivity index (χ0n) is 21.3. The molecule has 0 amide bonds. The van der Waals surface area contributed by atoms with Crippen LogP contribution in [0.15, 0.2) is 65.0 Å². The van der Waals surface area contributed by atoms with Crippen molar-refractivity contribution >= 4 is 23.4 Å². The van der Waals surface area contributed by atoms with Gasteiger partial charge in [0.05, 0.1) is 31.8 Å². The maximum Gasteiger partial charge on any atom is 0.337 e. The lowest BCUT2D eigenvalue weighted by atomic mass is 9.71. The molecule has 0 unspecified atom stereocenters. The van der Waals surface area contributed by atoms with Crippen LogP contribution in [-0.4, -0.2) is 32.1 Å². The predicted octanol–water partition coefficient (Wildman–Crippen LogP) is 6.06. The molecule has 36 heavy (non-hydrogen) atoms. The number of hydrogen-bond acceptors (Lipinski definition) is 6. The summed E-state index contributed by atoms with van der Waals surface area (Å²) in [6.07, 6.45) is 1.40. The Morgan fingerprint density at radius 1 is 1.11 bits per heavy atom. The lowest BCUT2D eigenvalue weighted by Gasteiger charge is -2.37. The first-order valence-corrected chi connectivity index (χ1v) is 12.6. The van der Waals surface area contributed by atoms with Gasteiger partial charge < -0.3 is 19.5 Å². The van der Waals surface area contributed by atoms with E-state index in [4.69, 9.17) is 25.8 Å². The zero-order chi connectivity index (χ0) is 26.0. The molecule has 2 aromatic carbocycles. The molecule has 0 aromatic heterocycles. The van der Waals surface area contributed by atoms with Crippen LogP contribution in [0.3, 0.4) is 0 Å². The predicted molar refractivity (Wildman–Crippen MR) is 139 cm³/mol. The van der Waals surface area contributed by atoms with Gasteiger partial charge in [-0.15, -0.1) is 0 Å². The van der Waals surface area contributed by atoms with E-state index in [9.17, 15) is 9.59 Å². The van der Waals surface area contributed by atoms with Gasteiger partial charge >= 0.3 is 5.97 Å². The topological polar surface area (TPSA) is 73.9 Å². The summed E-state index contributed by atoms with van der Waals surface area (Å²) in [6, 6.07) is 13.1. The van der Waals surface area contributed by atoms with Gasteiger partial charge in [0.15, 0.2) is 17.3 Å². The van der Waals surface area contributed by atoms with E-state index in [0.717, 1.165) is 11.3 Å². The fraction of sp³-hybridized carbons (Fsp3) is 0.379. The molecule has 1 aliphatic heterocycles. The summed E-state index contributed by atoms with van der Waals surface area (Å²) >= 11 is 6.08. The number of Topliss-reactive ketones (excluding diaryl/α,β-unsaturated/α-hetero) is 1. The Bertz CT molecular complexity index is 1230. The molecule has 2 aliphatic rings. The van der Waals surface area contributed by atoms with Crippen molar-refractivity contribution in [2.75, 3.05) is 14.2 Å². The lowest BCUT2D eigenvalue weighted by molar-refractivity contribution is -0.144. The largest absolute Gasteiger partial charge is 0.493 e. The molecule has 4 rings (SSSR count). The standard InChI is InChI=1S/C29H32ClNO5/c1-6-16(2)36-29(33)25-17(3)31-22-14-19(18-10-12-20(30)13-11-18)15-23(32)27(22)26(25)21-8-7-9-24(34-4)28(21)35-5/h7-13,16,19,26,31H,6,14-15H2,1-5H3/t16-,19-,26+/m1/s1. The molecule has 0 saturated carbocycles. The van der Waals surface area contributed by atoms with Crippen molar-refractivity contribution in [2.45, 2.75) is 58.0 Å². The minimum absolute atomic E-state index is 0.00952. The average Bonchev–Trinajstić information content (AvgIpc) is 2.87. The number of nitrogens with one attached hydrogen (secondary N) is 1. The van der Waals surface area contributed by atoms with Gasteiger partial charge in [-0.25, -0.2) is 4.79 Å². The van der Waals surface area contributed by atoms with Gasteiger partial charge in [0.25, 0.3) is 0 Å². The first-order chi connectivity index (χ1) is 17.3. The van der Waals surface area contributed by atoms with Crippen molar-refractivity contribution in [2.24, 2.45) is 0 Å². The van der Waals surface area contributed by atoms with E-state index in [1.54, 1.807) is 20.3 Å². The van der Waals surface area contributed by atoms with Gasteiger partial charge in [-0.3, -0.25) is 4.79 Å². The fourth-order valence-electron chi connectivity index (χ4n) is 5.06. The van der Waals surface area contributed by atoms with E-state index in [-0.39, 0.29) is 17.8 Å². The minimum atomic E-state index is -0.637. The molecule has 6 nitrogen and oxygen atoms in total. The van der Waals surface area contributed by atoms with Crippen LogP contribution < -0.4 is 14.8 Å². The Balaban J connectivity index is 1.85. The third-order valence-electron chi connectivity index (χ3n) is 7.02. The first-order valence-electron chi connectivity index (χ1n) is 12.2. The minimum Gasteiger partial charge on any atom is -0.493 e. The SMILES string of the molecule is CC[C@@H](C)OC(=O)C1=C(C)NC2=C(C(=O)C[C@H](c3ccc(Cl)cc3)C2)[C@H]1c1cccc(OC)c1OC. The number of halogens is 1. The molecule has 1 aliphatic carbocycles. The number of esters is 1. The van der Waals surface area contributed by atoms with E-state index < -0.39 is 11.9 Å². The number of methoxy groups -OCH3 is 2. The second kappa shape index (κ2) is 10.8. The Hall–Kier alpha value is -3.25. The Kier molecular flexibility index (Phi) is 7.74. The second-order valence-corrected chi connectivity index (χ2v) is 9.71. The Labute approximate surface area is 217 Å². The van der Waals surface area contributed by atoms with E-state index >= 15 is 0 Å². The Morgan fingerprint density at radius 2 is 1.83 bits per heavy atom. The number of para-hydroxylation sites is 1. The van der Waals surface area contributed by atoms with Crippen LogP contribution in [0.25, 0.3) is 0 Å². The van der Waals surface area contributed by atoms with Crippen molar-refractivity contribution in [3.8, 4) is 11.5 Å².